The van der Waals surface area contributed by atoms with E-state index in [1.165, 1.54) is 7.11 Å². The average Bonchev–Trinajstić information content (AvgIpc) is 2.75. The van der Waals surface area contributed by atoms with Gasteiger partial charge in [-0.05, 0) is 24.1 Å². The van der Waals surface area contributed by atoms with Crippen molar-refractivity contribution in [2.24, 2.45) is 0 Å². The molecule has 0 aliphatic carbocycles. The first-order valence-electron chi connectivity index (χ1n) is 9.37. The first-order valence-corrected chi connectivity index (χ1v) is 9.37. The lowest BCUT2D eigenvalue weighted by Crippen LogP contribution is -2.46. The summed E-state index contributed by atoms with van der Waals surface area (Å²) in [6.45, 7) is 1.91. The summed E-state index contributed by atoms with van der Waals surface area (Å²) in [5, 5.41) is 2.99. The highest BCUT2D eigenvalue weighted by molar-refractivity contribution is 5.74. The van der Waals surface area contributed by atoms with Gasteiger partial charge in [0.25, 0.3) is 0 Å². The molecule has 0 radical (unpaired) electrons. The van der Waals surface area contributed by atoms with Crippen molar-refractivity contribution in [1.82, 2.24) is 20.2 Å². The van der Waals surface area contributed by atoms with Gasteiger partial charge in [-0.2, -0.15) is 4.98 Å². The van der Waals surface area contributed by atoms with Gasteiger partial charge >= 0.3 is 12.0 Å². The van der Waals surface area contributed by atoms with E-state index in [0.717, 1.165) is 30.6 Å². The molecule has 0 atom stereocenters. The van der Waals surface area contributed by atoms with Crippen molar-refractivity contribution in [2.75, 3.05) is 33.9 Å². The smallest absolute Gasteiger partial charge is 0.319 e. The predicted molar refractivity (Wildman–Crippen MR) is 104 cm³/mol. The molecule has 0 unspecified atom stereocenters. The fourth-order valence-electron chi connectivity index (χ4n) is 3.05. The molecule has 150 valence electrons. The second kappa shape index (κ2) is 9.77. The third-order valence-electron chi connectivity index (χ3n) is 4.66. The number of nitrogens with zero attached hydrogens (tertiary/aromatic N) is 3. The third-order valence-corrected chi connectivity index (χ3v) is 4.66. The van der Waals surface area contributed by atoms with Crippen LogP contribution in [0.2, 0.25) is 0 Å². The number of ether oxygens (including phenoxy) is 3. The highest BCUT2D eigenvalue weighted by Crippen LogP contribution is 2.18. The van der Waals surface area contributed by atoms with Crippen LogP contribution >= 0.6 is 0 Å². The highest BCUT2D eigenvalue weighted by Gasteiger charge is 2.24. The van der Waals surface area contributed by atoms with E-state index in [-0.39, 0.29) is 18.1 Å². The van der Waals surface area contributed by atoms with E-state index in [1.807, 2.05) is 29.2 Å². The minimum absolute atomic E-state index is 0.0305. The molecule has 2 amide bonds. The van der Waals surface area contributed by atoms with Crippen molar-refractivity contribution in [2.45, 2.75) is 25.4 Å². The molecule has 8 heteroatoms. The Bertz CT molecular complexity index is 761. The van der Waals surface area contributed by atoms with Crippen LogP contribution in [0.3, 0.4) is 0 Å². The molecule has 1 saturated heterocycles. The van der Waals surface area contributed by atoms with Crippen LogP contribution in [0.1, 0.15) is 18.4 Å². The van der Waals surface area contributed by atoms with Crippen molar-refractivity contribution in [3.63, 3.8) is 0 Å². The Kier molecular flexibility index (Phi) is 6.89. The predicted octanol–water partition coefficient (Wildman–Crippen LogP) is 2.29. The van der Waals surface area contributed by atoms with Crippen molar-refractivity contribution < 1.29 is 19.0 Å². The van der Waals surface area contributed by atoms with Crippen molar-refractivity contribution in [3.05, 3.63) is 42.1 Å². The number of likely N-dealkylation sites (tertiary alicyclic amines) is 1. The number of aromatic nitrogens is 2. The number of amides is 2. The maximum Gasteiger partial charge on any atom is 0.319 e. The van der Waals surface area contributed by atoms with Crippen molar-refractivity contribution in [1.29, 1.82) is 0 Å². The van der Waals surface area contributed by atoms with Crippen LogP contribution < -0.4 is 19.5 Å². The molecular weight excluding hydrogens is 360 g/mol. The summed E-state index contributed by atoms with van der Waals surface area (Å²) in [6, 6.07) is 9.83. The molecule has 2 heterocycles. The van der Waals surface area contributed by atoms with Gasteiger partial charge in [-0.3, -0.25) is 0 Å². The van der Waals surface area contributed by atoms with E-state index < -0.39 is 0 Å². The lowest BCUT2D eigenvalue weighted by Gasteiger charge is -2.31. The molecule has 1 fully saturated rings. The van der Waals surface area contributed by atoms with E-state index in [2.05, 4.69) is 15.3 Å². The van der Waals surface area contributed by atoms with Crippen LogP contribution in [0.5, 0.6) is 17.6 Å². The molecule has 1 N–H and O–H groups in total. The number of benzene rings is 1. The lowest BCUT2D eigenvalue weighted by atomic mass is 10.1. The van der Waals surface area contributed by atoms with Gasteiger partial charge in [0, 0.05) is 44.7 Å². The van der Waals surface area contributed by atoms with Crippen LogP contribution in [0.15, 0.2) is 36.5 Å². The monoisotopic (exact) mass is 386 g/mol. The summed E-state index contributed by atoms with van der Waals surface area (Å²) in [5.41, 5.74) is 1.16. The summed E-state index contributed by atoms with van der Waals surface area (Å²) in [5.74, 6) is 1.33. The Morgan fingerprint density at radius 2 is 1.89 bits per heavy atom. The second-order valence-electron chi connectivity index (χ2n) is 6.52. The van der Waals surface area contributed by atoms with Gasteiger partial charge in [0.2, 0.25) is 5.88 Å². The molecule has 2 aromatic rings. The van der Waals surface area contributed by atoms with Crippen LogP contribution in [0, 0.1) is 0 Å². The largest absolute Gasteiger partial charge is 0.497 e. The normalized spacial score (nSPS) is 14.4. The molecule has 1 aliphatic heterocycles. The summed E-state index contributed by atoms with van der Waals surface area (Å²) in [7, 11) is 3.17. The number of rotatable bonds is 7. The molecule has 1 aromatic heterocycles. The van der Waals surface area contributed by atoms with Crippen molar-refractivity contribution >= 4 is 6.03 Å². The number of piperidine rings is 1. The summed E-state index contributed by atoms with van der Waals surface area (Å²) in [4.78, 5) is 22.3. The Balaban J connectivity index is 1.38. The zero-order valence-electron chi connectivity index (χ0n) is 16.3. The number of carbonyl (C=O) groups is 1. The fraction of sp³-hybridized carbons (Fsp3) is 0.450. The quantitative estimate of drug-likeness (QED) is 0.786. The zero-order chi connectivity index (χ0) is 19.8. The molecule has 0 spiro atoms. The van der Waals surface area contributed by atoms with Gasteiger partial charge in [-0.25, -0.2) is 9.78 Å². The number of hydrogen-bond acceptors (Lipinski definition) is 6. The Hall–Kier alpha value is -3.03. The maximum atomic E-state index is 12.4. The Morgan fingerprint density at radius 3 is 2.57 bits per heavy atom. The van der Waals surface area contributed by atoms with E-state index in [0.29, 0.717) is 25.5 Å². The SMILES string of the molecule is COc1ccc(CCNC(=O)N2CCC(Oc3ccnc(OC)n3)CC2)cc1. The molecule has 1 aromatic carbocycles. The lowest BCUT2D eigenvalue weighted by molar-refractivity contribution is 0.106. The standard InChI is InChI=1S/C20H26N4O4/c1-26-16-5-3-15(4-6-16)7-11-22-20(25)24-13-9-17(10-14-24)28-18-8-12-21-19(23-18)27-2/h3-6,8,12,17H,7,9-11,13-14H2,1-2H3,(H,22,25). The average molecular weight is 386 g/mol. The highest BCUT2D eigenvalue weighted by atomic mass is 16.5. The van der Waals surface area contributed by atoms with Gasteiger partial charge in [-0.1, -0.05) is 12.1 Å². The van der Waals surface area contributed by atoms with E-state index in [4.69, 9.17) is 14.2 Å². The fourth-order valence-corrected chi connectivity index (χ4v) is 3.05. The Morgan fingerprint density at radius 1 is 1.14 bits per heavy atom. The molecular formula is C20H26N4O4. The van der Waals surface area contributed by atoms with Gasteiger partial charge in [-0.15, -0.1) is 0 Å². The topological polar surface area (TPSA) is 85.8 Å². The second-order valence-corrected chi connectivity index (χ2v) is 6.52. The van der Waals surface area contributed by atoms with E-state index in [9.17, 15) is 4.79 Å². The van der Waals surface area contributed by atoms with Gasteiger partial charge in [0.1, 0.15) is 11.9 Å². The number of carbonyl (C=O) groups excluding carboxylic acids is 1. The zero-order valence-corrected chi connectivity index (χ0v) is 16.3. The van der Waals surface area contributed by atoms with Gasteiger partial charge in [0.05, 0.1) is 14.2 Å². The number of nitrogens with one attached hydrogen (secondary N) is 1. The van der Waals surface area contributed by atoms with Crippen LogP contribution in [-0.4, -0.2) is 60.9 Å². The Labute approximate surface area is 164 Å². The first-order chi connectivity index (χ1) is 13.7. The molecule has 1 aliphatic rings. The number of methoxy groups -OCH3 is 2. The summed E-state index contributed by atoms with van der Waals surface area (Å²) in [6.07, 6.45) is 3.94. The molecule has 0 saturated carbocycles. The summed E-state index contributed by atoms with van der Waals surface area (Å²) >= 11 is 0. The molecule has 8 nitrogen and oxygen atoms in total. The van der Waals surface area contributed by atoms with E-state index >= 15 is 0 Å². The van der Waals surface area contributed by atoms with Gasteiger partial charge in [0.15, 0.2) is 0 Å². The van der Waals surface area contributed by atoms with Crippen LogP contribution in [0.4, 0.5) is 4.79 Å². The number of urea groups is 1. The third kappa shape index (κ3) is 5.48. The van der Waals surface area contributed by atoms with Crippen LogP contribution in [0.25, 0.3) is 0 Å². The molecule has 28 heavy (non-hydrogen) atoms. The molecule has 0 bridgehead atoms. The van der Waals surface area contributed by atoms with Crippen molar-refractivity contribution in [3.8, 4) is 17.6 Å². The van der Waals surface area contributed by atoms with Crippen LogP contribution in [-0.2, 0) is 6.42 Å². The summed E-state index contributed by atoms with van der Waals surface area (Å²) < 4.78 is 16.0. The first kappa shape index (κ1) is 19.7. The molecule has 3 rings (SSSR count). The minimum atomic E-state index is -0.0318. The van der Waals surface area contributed by atoms with Gasteiger partial charge < -0.3 is 24.4 Å². The maximum absolute atomic E-state index is 12.4. The number of hydrogen-bond donors (Lipinski definition) is 1. The van der Waals surface area contributed by atoms with E-state index in [1.54, 1.807) is 19.4 Å². The minimum Gasteiger partial charge on any atom is -0.497 e.